The van der Waals surface area contributed by atoms with E-state index in [0.29, 0.717) is 12.8 Å². The molecule has 0 saturated carbocycles. The Morgan fingerprint density at radius 1 is 0.407 bits per heavy atom. The van der Waals surface area contributed by atoms with E-state index in [2.05, 4.69) is 74.6 Å². The smallest absolute Gasteiger partial charge is 0.306 e. The fourth-order valence-corrected chi connectivity index (χ4v) is 7.29. The molecule has 5 nitrogen and oxygen atoms in total. The Labute approximate surface area is 366 Å². The molecule has 0 amide bonds. The van der Waals surface area contributed by atoms with Gasteiger partial charge in [0.2, 0.25) is 0 Å². The van der Waals surface area contributed by atoms with Gasteiger partial charge in [-0.15, -0.1) is 0 Å². The number of carbonyl (C=O) groups excluding carboxylic acids is 2. The Hall–Kier alpha value is -2.40. The molecule has 1 unspecified atom stereocenters. The molecule has 0 aromatic heterocycles. The number of ether oxygens (including phenoxy) is 2. The topological polar surface area (TPSA) is 72.8 Å². The molecule has 0 aliphatic rings. The number of rotatable bonds is 46. The minimum absolute atomic E-state index is 0.0669. The molecule has 0 aliphatic heterocycles. The van der Waals surface area contributed by atoms with Crippen molar-refractivity contribution in [1.82, 2.24) is 0 Å². The number of unbranched alkanes of at least 4 members (excludes halogenated alkanes) is 28. The third-order valence-electron chi connectivity index (χ3n) is 11.1. The highest BCUT2D eigenvalue weighted by Crippen LogP contribution is 2.16. The van der Waals surface area contributed by atoms with Gasteiger partial charge in [0.1, 0.15) is 6.61 Å². The van der Waals surface area contributed by atoms with Crippen molar-refractivity contribution in [2.45, 2.75) is 258 Å². The first kappa shape index (κ1) is 56.6. The highest BCUT2D eigenvalue weighted by molar-refractivity contribution is 5.70. The fraction of sp³-hybridized carbons (Fsp3) is 0.778. The standard InChI is InChI=1S/C54H96O5/c1-3-5-7-9-11-13-15-17-19-21-23-25-26-27-28-29-31-33-35-37-39-41-43-45-47-49-54(57)59-52(50-55)51-58-53(56)48-46-44-42-40-38-36-34-32-30-24-22-20-18-16-14-12-10-8-6-4-2/h5,7,11,13,17,19,23,25,27-28,52,55H,3-4,6,8-10,12,14-16,18,20-22,24,26,29-51H2,1-2H3/b7-5-,13-11-,19-17-,25-23-,28-27-. The monoisotopic (exact) mass is 825 g/mol. The predicted molar refractivity (Wildman–Crippen MR) is 256 cm³/mol. The molecule has 0 aromatic rings. The Morgan fingerprint density at radius 3 is 1.10 bits per heavy atom. The van der Waals surface area contributed by atoms with E-state index in [1.54, 1.807) is 0 Å². The van der Waals surface area contributed by atoms with Gasteiger partial charge >= 0.3 is 11.9 Å². The van der Waals surface area contributed by atoms with Crippen molar-refractivity contribution in [1.29, 1.82) is 0 Å². The van der Waals surface area contributed by atoms with E-state index in [1.165, 1.54) is 154 Å². The summed E-state index contributed by atoms with van der Waals surface area (Å²) in [6, 6.07) is 0. The zero-order valence-corrected chi connectivity index (χ0v) is 39.0. The molecular formula is C54H96O5. The summed E-state index contributed by atoms with van der Waals surface area (Å²) in [6.07, 6.45) is 66.0. The molecule has 0 aliphatic carbocycles. The minimum Gasteiger partial charge on any atom is -0.462 e. The zero-order valence-electron chi connectivity index (χ0n) is 39.0. The van der Waals surface area contributed by atoms with Crippen LogP contribution in [0.25, 0.3) is 0 Å². The largest absolute Gasteiger partial charge is 0.462 e. The number of esters is 2. The summed E-state index contributed by atoms with van der Waals surface area (Å²) in [4.78, 5) is 24.4. The third kappa shape index (κ3) is 48.1. The van der Waals surface area contributed by atoms with Gasteiger partial charge in [0, 0.05) is 12.8 Å². The summed E-state index contributed by atoms with van der Waals surface area (Å²) in [5.41, 5.74) is 0. The molecule has 0 rings (SSSR count). The van der Waals surface area contributed by atoms with Crippen molar-refractivity contribution in [3.05, 3.63) is 60.8 Å². The minimum atomic E-state index is -0.776. The summed E-state index contributed by atoms with van der Waals surface area (Å²) in [5, 5.41) is 9.63. The van der Waals surface area contributed by atoms with E-state index >= 15 is 0 Å². The summed E-state index contributed by atoms with van der Waals surface area (Å²) in [5.74, 6) is -0.589. The lowest BCUT2D eigenvalue weighted by Gasteiger charge is -2.15. The van der Waals surface area contributed by atoms with Gasteiger partial charge in [-0.05, 0) is 57.8 Å². The van der Waals surface area contributed by atoms with Crippen molar-refractivity contribution in [2.24, 2.45) is 0 Å². The Bertz CT molecular complexity index is 1020. The van der Waals surface area contributed by atoms with Crippen molar-refractivity contribution in [2.75, 3.05) is 13.2 Å². The van der Waals surface area contributed by atoms with E-state index in [0.717, 1.165) is 70.6 Å². The molecule has 0 heterocycles. The second kappa shape index (κ2) is 50.0. The van der Waals surface area contributed by atoms with Crippen LogP contribution in [0.3, 0.4) is 0 Å². The number of aliphatic hydroxyl groups is 1. The van der Waals surface area contributed by atoms with Crippen LogP contribution in [0.1, 0.15) is 251 Å². The second-order valence-corrected chi connectivity index (χ2v) is 16.9. The molecule has 0 fully saturated rings. The van der Waals surface area contributed by atoms with Gasteiger partial charge < -0.3 is 14.6 Å². The van der Waals surface area contributed by atoms with Gasteiger partial charge in [0.15, 0.2) is 6.10 Å². The number of allylic oxidation sites excluding steroid dienone is 10. The maximum atomic E-state index is 12.3. The van der Waals surface area contributed by atoms with E-state index in [-0.39, 0.29) is 25.2 Å². The molecule has 0 radical (unpaired) electrons. The Morgan fingerprint density at radius 2 is 0.729 bits per heavy atom. The number of hydrogen-bond acceptors (Lipinski definition) is 5. The molecule has 0 aromatic carbocycles. The first-order chi connectivity index (χ1) is 29.1. The summed E-state index contributed by atoms with van der Waals surface area (Å²) in [6.45, 7) is 4.05. The van der Waals surface area contributed by atoms with Gasteiger partial charge in [0.25, 0.3) is 0 Å². The molecular weight excluding hydrogens is 729 g/mol. The van der Waals surface area contributed by atoms with Crippen LogP contribution < -0.4 is 0 Å². The predicted octanol–water partition coefficient (Wildman–Crippen LogP) is 16.7. The fourth-order valence-electron chi connectivity index (χ4n) is 7.29. The van der Waals surface area contributed by atoms with Crippen LogP contribution in [0.15, 0.2) is 60.8 Å². The maximum absolute atomic E-state index is 12.3. The normalized spacial score (nSPS) is 12.7. The average molecular weight is 825 g/mol. The van der Waals surface area contributed by atoms with Gasteiger partial charge in [0.05, 0.1) is 6.61 Å². The second-order valence-electron chi connectivity index (χ2n) is 16.9. The van der Waals surface area contributed by atoms with Gasteiger partial charge in [-0.3, -0.25) is 9.59 Å². The molecule has 5 heteroatoms. The molecule has 59 heavy (non-hydrogen) atoms. The van der Waals surface area contributed by atoms with Crippen LogP contribution in [0.2, 0.25) is 0 Å². The first-order valence-corrected chi connectivity index (χ1v) is 25.3. The summed E-state index contributed by atoms with van der Waals surface area (Å²) < 4.78 is 10.7. The van der Waals surface area contributed by atoms with Crippen LogP contribution in [-0.4, -0.2) is 36.4 Å². The van der Waals surface area contributed by atoms with E-state index < -0.39 is 6.10 Å². The first-order valence-electron chi connectivity index (χ1n) is 25.3. The number of aliphatic hydroxyl groups excluding tert-OH is 1. The average Bonchev–Trinajstić information content (AvgIpc) is 3.24. The van der Waals surface area contributed by atoms with Crippen LogP contribution in [0.4, 0.5) is 0 Å². The Kier molecular flexibility index (Phi) is 47.9. The maximum Gasteiger partial charge on any atom is 0.306 e. The van der Waals surface area contributed by atoms with Crippen molar-refractivity contribution in [3.63, 3.8) is 0 Å². The van der Waals surface area contributed by atoms with Crippen LogP contribution in [0, 0.1) is 0 Å². The third-order valence-corrected chi connectivity index (χ3v) is 11.1. The van der Waals surface area contributed by atoms with Crippen molar-refractivity contribution >= 4 is 11.9 Å². The Balaban J connectivity index is 3.51. The SMILES string of the molecule is CC/C=C\C/C=C\C/C=C\C/C=C\C/C=C\CCCCCCCCCCCC(=O)OC(CO)COC(=O)CCCCCCCCCCCCCCCCCCCCCC. The van der Waals surface area contributed by atoms with Gasteiger partial charge in [-0.25, -0.2) is 0 Å². The number of hydrogen-bond donors (Lipinski definition) is 1. The molecule has 0 spiro atoms. The lowest BCUT2D eigenvalue weighted by Crippen LogP contribution is -2.28. The molecule has 0 saturated heterocycles. The molecule has 0 bridgehead atoms. The van der Waals surface area contributed by atoms with E-state index in [9.17, 15) is 14.7 Å². The van der Waals surface area contributed by atoms with E-state index in [1.807, 2.05) is 0 Å². The lowest BCUT2D eigenvalue weighted by molar-refractivity contribution is -0.161. The highest BCUT2D eigenvalue weighted by Gasteiger charge is 2.16. The van der Waals surface area contributed by atoms with E-state index in [4.69, 9.17) is 9.47 Å². The quantitative estimate of drug-likeness (QED) is 0.0376. The number of carbonyl (C=O) groups is 2. The van der Waals surface area contributed by atoms with Crippen LogP contribution in [0.5, 0.6) is 0 Å². The molecule has 1 atom stereocenters. The summed E-state index contributed by atoms with van der Waals surface area (Å²) in [7, 11) is 0. The van der Waals surface area contributed by atoms with Crippen LogP contribution >= 0.6 is 0 Å². The van der Waals surface area contributed by atoms with Crippen molar-refractivity contribution in [3.8, 4) is 0 Å². The highest BCUT2D eigenvalue weighted by atomic mass is 16.6. The van der Waals surface area contributed by atoms with Gasteiger partial charge in [-0.2, -0.15) is 0 Å². The van der Waals surface area contributed by atoms with Crippen LogP contribution in [-0.2, 0) is 19.1 Å². The molecule has 342 valence electrons. The summed E-state index contributed by atoms with van der Waals surface area (Å²) >= 11 is 0. The molecule has 1 N–H and O–H groups in total. The van der Waals surface area contributed by atoms with Gasteiger partial charge in [-0.1, -0.05) is 242 Å². The van der Waals surface area contributed by atoms with Crippen molar-refractivity contribution < 1.29 is 24.2 Å². The zero-order chi connectivity index (χ0) is 42.8. The lowest BCUT2D eigenvalue weighted by atomic mass is 10.0.